The molecule has 2 atom stereocenters. The van der Waals surface area contributed by atoms with Crippen molar-refractivity contribution in [2.45, 2.75) is 45.1 Å². The van der Waals surface area contributed by atoms with E-state index in [9.17, 15) is 0 Å². The quantitative estimate of drug-likeness (QED) is 0.772. The van der Waals surface area contributed by atoms with Gasteiger partial charge < -0.3 is 4.90 Å². The van der Waals surface area contributed by atoms with E-state index < -0.39 is 0 Å². The van der Waals surface area contributed by atoms with Crippen molar-refractivity contribution in [1.82, 2.24) is 9.97 Å². The van der Waals surface area contributed by atoms with Gasteiger partial charge in [-0.1, -0.05) is 48.9 Å². The SMILES string of the molecule is CC[C@@H](c1ccccc1)[C@H]1CCCN1c1cc(Cl)nc(C)n1. The minimum Gasteiger partial charge on any atom is -0.353 e. The highest BCUT2D eigenvalue weighted by atomic mass is 35.5. The summed E-state index contributed by atoms with van der Waals surface area (Å²) < 4.78 is 0. The van der Waals surface area contributed by atoms with E-state index in [1.54, 1.807) is 0 Å². The molecule has 22 heavy (non-hydrogen) atoms. The van der Waals surface area contributed by atoms with Crippen LogP contribution in [0, 0.1) is 6.92 Å². The van der Waals surface area contributed by atoms with Crippen LogP contribution in [0.3, 0.4) is 0 Å². The second-order valence-corrected chi connectivity index (χ2v) is 6.31. The molecule has 2 heterocycles. The highest BCUT2D eigenvalue weighted by Gasteiger charge is 2.32. The lowest BCUT2D eigenvalue weighted by molar-refractivity contribution is 0.513. The number of aromatic nitrogens is 2. The Morgan fingerprint density at radius 3 is 2.73 bits per heavy atom. The molecule has 1 saturated heterocycles. The first kappa shape index (κ1) is 15.3. The predicted octanol–water partition coefficient (Wildman–Crippen LogP) is 4.60. The van der Waals surface area contributed by atoms with Crippen molar-refractivity contribution in [2.75, 3.05) is 11.4 Å². The first-order chi connectivity index (χ1) is 10.7. The zero-order valence-electron chi connectivity index (χ0n) is 13.2. The third-order valence-corrected chi connectivity index (χ3v) is 4.71. The van der Waals surface area contributed by atoms with Crippen LogP contribution in [0.5, 0.6) is 0 Å². The van der Waals surface area contributed by atoms with Crippen molar-refractivity contribution < 1.29 is 0 Å². The molecule has 4 heteroatoms. The zero-order chi connectivity index (χ0) is 15.5. The molecule has 0 amide bonds. The summed E-state index contributed by atoms with van der Waals surface area (Å²) in [6, 6.07) is 13.2. The molecular formula is C18H22ClN3. The topological polar surface area (TPSA) is 29.0 Å². The summed E-state index contributed by atoms with van der Waals surface area (Å²) in [6.07, 6.45) is 3.53. The molecule has 3 nitrogen and oxygen atoms in total. The lowest BCUT2D eigenvalue weighted by atomic mass is 9.87. The largest absolute Gasteiger partial charge is 0.353 e. The van der Waals surface area contributed by atoms with Gasteiger partial charge in [0.25, 0.3) is 0 Å². The van der Waals surface area contributed by atoms with E-state index in [0.717, 1.165) is 24.6 Å². The monoisotopic (exact) mass is 315 g/mol. The molecule has 0 bridgehead atoms. The van der Waals surface area contributed by atoms with Crippen molar-refractivity contribution in [3.63, 3.8) is 0 Å². The maximum atomic E-state index is 6.13. The van der Waals surface area contributed by atoms with Gasteiger partial charge in [0.15, 0.2) is 0 Å². The van der Waals surface area contributed by atoms with Crippen LogP contribution in [-0.2, 0) is 0 Å². The van der Waals surface area contributed by atoms with Gasteiger partial charge in [-0.2, -0.15) is 0 Å². The molecule has 0 saturated carbocycles. The highest BCUT2D eigenvalue weighted by molar-refractivity contribution is 6.29. The third-order valence-electron chi connectivity index (χ3n) is 4.52. The Bertz CT molecular complexity index is 609. The van der Waals surface area contributed by atoms with Crippen LogP contribution in [0.2, 0.25) is 5.15 Å². The molecule has 1 aromatic carbocycles. The van der Waals surface area contributed by atoms with Gasteiger partial charge in [-0.3, -0.25) is 0 Å². The van der Waals surface area contributed by atoms with Gasteiger partial charge in [0.1, 0.15) is 16.8 Å². The summed E-state index contributed by atoms with van der Waals surface area (Å²) in [4.78, 5) is 11.2. The van der Waals surface area contributed by atoms with Crippen molar-refractivity contribution >= 4 is 17.4 Å². The normalized spacial score (nSPS) is 19.4. The first-order valence-corrected chi connectivity index (χ1v) is 8.39. The average Bonchev–Trinajstić information content (AvgIpc) is 2.97. The Kier molecular flexibility index (Phi) is 4.63. The number of anilines is 1. The molecular weight excluding hydrogens is 294 g/mol. The Hall–Kier alpha value is -1.61. The standard InChI is InChI=1S/C18H22ClN3/c1-3-15(14-8-5-4-6-9-14)16-10-7-11-22(16)18-12-17(19)20-13(2)21-18/h4-6,8-9,12,15-16H,3,7,10-11H2,1-2H3/t15-,16+/m0/s1. The molecule has 2 aromatic rings. The minimum atomic E-state index is 0.484. The lowest BCUT2D eigenvalue weighted by Gasteiger charge is -2.32. The van der Waals surface area contributed by atoms with Crippen molar-refractivity contribution in [2.24, 2.45) is 0 Å². The number of aryl methyl sites for hydroxylation is 1. The van der Waals surface area contributed by atoms with Crippen LogP contribution in [0.4, 0.5) is 5.82 Å². The predicted molar refractivity (Wildman–Crippen MR) is 91.6 cm³/mol. The molecule has 0 radical (unpaired) electrons. The summed E-state index contributed by atoms with van der Waals surface area (Å²) in [5.74, 6) is 2.23. The molecule has 0 unspecified atom stereocenters. The number of nitrogens with zero attached hydrogens (tertiary/aromatic N) is 3. The average molecular weight is 316 g/mol. The van der Waals surface area contributed by atoms with Gasteiger partial charge in [-0.15, -0.1) is 0 Å². The summed E-state index contributed by atoms with van der Waals surface area (Å²) in [5.41, 5.74) is 1.42. The number of benzene rings is 1. The molecule has 3 rings (SSSR count). The molecule has 1 aliphatic rings. The first-order valence-electron chi connectivity index (χ1n) is 8.02. The molecule has 0 aliphatic carbocycles. The zero-order valence-corrected chi connectivity index (χ0v) is 13.9. The van der Waals surface area contributed by atoms with Crippen LogP contribution in [0.25, 0.3) is 0 Å². The number of hydrogen-bond acceptors (Lipinski definition) is 3. The Morgan fingerprint density at radius 2 is 2.05 bits per heavy atom. The maximum absolute atomic E-state index is 6.13. The molecule has 0 spiro atoms. The van der Waals surface area contributed by atoms with Gasteiger partial charge in [0.05, 0.1) is 0 Å². The smallest absolute Gasteiger partial charge is 0.134 e. The van der Waals surface area contributed by atoms with E-state index >= 15 is 0 Å². The van der Waals surface area contributed by atoms with Crippen LogP contribution in [-0.4, -0.2) is 22.6 Å². The summed E-state index contributed by atoms with van der Waals surface area (Å²) in [6.45, 7) is 5.21. The van der Waals surface area contributed by atoms with Crippen molar-refractivity contribution in [1.29, 1.82) is 0 Å². The van der Waals surface area contributed by atoms with E-state index in [-0.39, 0.29) is 0 Å². The fourth-order valence-electron chi connectivity index (χ4n) is 3.59. The van der Waals surface area contributed by atoms with Gasteiger partial charge in [0, 0.05) is 24.6 Å². The fourth-order valence-corrected chi connectivity index (χ4v) is 3.81. The van der Waals surface area contributed by atoms with Crippen LogP contribution in [0.1, 0.15) is 43.5 Å². The van der Waals surface area contributed by atoms with Crippen LogP contribution in [0.15, 0.2) is 36.4 Å². The third kappa shape index (κ3) is 3.09. The molecule has 1 aromatic heterocycles. The van der Waals surface area contributed by atoms with E-state index in [2.05, 4.69) is 52.1 Å². The summed E-state index contributed by atoms with van der Waals surface area (Å²) >= 11 is 6.13. The maximum Gasteiger partial charge on any atom is 0.134 e. The van der Waals surface area contributed by atoms with Gasteiger partial charge >= 0.3 is 0 Å². The minimum absolute atomic E-state index is 0.484. The van der Waals surface area contributed by atoms with Gasteiger partial charge in [0.2, 0.25) is 0 Å². The molecule has 0 N–H and O–H groups in total. The number of rotatable bonds is 4. The second kappa shape index (κ2) is 6.66. The Morgan fingerprint density at radius 1 is 1.27 bits per heavy atom. The molecule has 1 aliphatic heterocycles. The van der Waals surface area contributed by atoms with Crippen molar-refractivity contribution in [3.8, 4) is 0 Å². The van der Waals surface area contributed by atoms with Crippen LogP contribution < -0.4 is 4.90 Å². The van der Waals surface area contributed by atoms with Crippen LogP contribution >= 0.6 is 11.6 Å². The Labute approximate surface area is 137 Å². The van der Waals surface area contributed by atoms with E-state index in [1.807, 2.05) is 13.0 Å². The van der Waals surface area contributed by atoms with Gasteiger partial charge in [-0.25, -0.2) is 9.97 Å². The summed E-state index contributed by atoms with van der Waals surface area (Å²) in [7, 11) is 0. The fraction of sp³-hybridized carbons (Fsp3) is 0.444. The Balaban J connectivity index is 1.92. The molecule has 116 valence electrons. The van der Waals surface area contributed by atoms with E-state index in [0.29, 0.717) is 17.1 Å². The summed E-state index contributed by atoms with van der Waals surface area (Å²) in [5, 5.41) is 0.529. The van der Waals surface area contributed by atoms with E-state index in [4.69, 9.17) is 11.6 Å². The van der Waals surface area contributed by atoms with Crippen molar-refractivity contribution in [3.05, 3.63) is 52.9 Å². The molecule has 1 fully saturated rings. The number of hydrogen-bond donors (Lipinski definition) is 0. The number of halogens is 1. The second-order valence-electron chi connectivity index (χ2n) is 5.92. The lowest BCUT2D eigenvalue weighted by Crippen LogP contribution is -2.35. The highest BCUT2D eigenvalue weighted by Crippen LogP contribution is 2.36. The van der Waals surface area contributed by atoms with Gasteiger partial charge in [-0.05, 0) is 31.7 Å². The van der Waals surface area contributed by atoms with E-state index in [1.165, 1.54) is 18.4 Å².